The summed E-state index contributed by atoms with van der Waals surface area (Å²) in [6, 6.07) is 3.85. The number of hydrogen-bond acceptors (Lipinski definition) is 6. The van der Waals surface area contributed by atoms with E-state index in [1.54, 1.807) is 6.92 Å². The van der Waals surface area contributed by atoms with Gasteiger partial charge in [-0.15, -0.1) is 22.7 Å². The minimum absolute atomic E-state index is 0.219. The highest BCUT2D eigenvalue weighted by atomic mass is 35.5. The molecule has 0 spiro atoms. The van der Waals surface area contributed by atoms with Gasteiger partial charge < -0.3 is 10.1 Å². The van der Waals surface area contributed by atoms with E-state index in [1.807, 2.05) is 17.5 Å². The SMILES string of the molecule is CCOC(=O)Cc1csc(NCc2ccc(Cl)s2)n1. The first-order chi connectivity index (χ1) is 9.17. The van der Waals surface area contributed by atoms with Crippen LogP contribution in [0.2, 0.25) is 4.34 Å². The lowest BCUT2D eigenvalue weighted by Crippen LogP contribution is -2.07. The zero-order valence-electron chi connectivity index (χ0n) is 10.3. The highest BCUT2D eigenvalue weighted by molar-refractivity contribution is 7.16. The molecule has 0 fully saturated rings. The Bertz CT molecular complexity index is 553. The molecule has 2 aromatic rings. The minimum atomic E-state index is -0.246. The molecule has 0 saturated heterocycles. The summed E-state index contributed by atoms with van der Waals surface area (Å²) < 4.78 is 5.66. The second kappa shape index (κ2) is 6.88. The van der Waals surface area contributed by atoms with Gasteiger partial charge in [-0.2, -0.15) is 0 Å². The largest absolute Gasteiger partial charge is 0.466 e. The number of anilines is 1. The molecule has 0 radical (unpaired) electrons. The maximum absolute atomic E-state index is 11.3. The van der Waals surface area contributed by atoms with Crippen molar-refractivity contribution in [1.82, 2.24) is 4.98 Å². The fourth-order valence-electron chi connectivity index (χ4n) is 1.44. The summed E-state index contributed by atoms with van der Waals surface area (Å²) in [6.07, 6.45) is 0.219. The summed E-state index contributed by atoms with van der Waals surface area (Å²) in [4.78, 5) is 16.8. The maximum atomic E-state index is 11.3. The molecule has 2 heterocycles. The molecule has 0 atom stereocenters. The van der Waals surface area contributed by atoms with Gasteiger partial charge in [0.25, 0.3) is 0 Å². The van der Waals surface area contributed by atoms with Gasteiger partial charge in [0.05, 0.1) is 29.6 Å². The number of nitrogens with one attached hydrogen (secondary N) is 1. The quantitative estimate of drug-likeness (QED) is 0.828. The maximum Gasteiger partial charge on any atom is 0.311 e. The molecule has 1 N–H and O–H groups in total. The van der Waals surface area contributed by atoms with Gasteiger partial charge in [0.15, 0.2) is 5.13 Å². The Morgan fingerprint density at radius 1 is 1.53 bits per heavy atom. The van der Waals surface area contributed by atoms with E-state index in [0.717, 1.165) is 20.0 Å². The number of carbonyl (C=O) groups is 1. The van der Waals surface area contributed by atoms with E-state index in [9.17, 15) is 4.79 Å². The fourth-order valence-corrected chi connectivity index (χ4v) is 3.18. The Hall–Kier alpha value is -1.11. The van der Waals surface area contributed by atoms with Crippen molar-refractivity contribution in [2.45, 2.75) is 19.9 Å². The number of ether oxygens (including phenoxy) is 1. The van der Waals surface area contributed by atoms with Gasteiger partial charge in [-0.05, 0) is 19.1 Å². The van der Waals surface area contributed by atoms with E-state index in [1.165, 1.54) is 22.7 Å². The van der Waals surface area contributed by atoms with Crippen LogP contribution in [0.1, 0.15) is 17.5 Å². The third kappa shape index (κ3) is 4.49. The molecule has 102 valence electrons. The van der Waals surface area contributed by atoms with E-state index in [2.05, 4.69) is 10.3 Å². The highest BCUT2D eigenvalue weighted by Gasteiger charge is 2.08. The molecule has 0 aliphatic carbocycles. The Morgan fingerprint density at radius 2 is 2.37 bits per heavy atom. The molecule has 0 unspecified atom stereocenters. The number of aromatic nitrogens is 1. The first-order valence-electron chi connectivity index (χ1n) is 5.75. The number of halogens is 1. The van der Waals surface area contributed by atoms with E-state index in [0.29, 0.717) is 13.2 Å². The van der Waals surface area contributed by atoms with Crippen LogP contribution < -0.4 is 5.32 Å². The van der Waals surface area contributed by atoms with Crippen LogP contribution in [-0.4, -0.2) is 17.6 Å². The summed E-state index contributed by atoms with van der Waals surface area (Å²) in [5.74, 6) is -0.246. The zero-order chi connectivity index (χ0) is 13.7. The summed E-state index contributed by atoms with van der Waals surface area (Å²) in [7, 11) is 0. The normalized spacial score (nSPS) is 10.4. The predicted molar refractivity (Wildman–Crippen MR) is 79.1 cm³/mol. The third-order valence-corrected chi connectivity index (χ3v) is 4.31. The zero-order valence-corrected chi connectivity index (χ0v) is 12.7. The topological polar surface area (TPSA) is 51.2 Å². The highest BCUT2D eigenvalue weighted by Crippen LogP contribution is 2.23. The van der Waals surface area contributed by atoms with Crippen molar-refractivity contribution in [3.63, 3.8) is 0 Å². The summed E-state index contributed by atoms with van der Waals surface area (Å²) >= 11 is 8.87. The second-order valence-corrected chi connectivity index (χ2v) is 6.34. The van der Waals surface area contributed by atoms with Crippen LogP contribution >= 0.6 is 34.3 Å². The van der Waals surface area contributed by atoms with Crippen LogP contribution in [-0.2, 0) is 22.5 Å². The number of carbonyl (C=O) groups excluding carboxylic acids is 1. The number of hydrogen-bond donors (Lipinski definition) is 1. The number of esters is 1. The molecule has 19 heavy (non-hydrogen) atoms. The van der Waals surface area contributed by atoms with Crippen LogP contribution in [0.4, 0.5) is 5.13 Å². The van der Waals surface area contributed by atoms with Crippen LogP contribution in [0.5, 0.6) is 0 Å². The van der Waals surface area contributed by atoms with Crippen molar-refractivity contribution in [1.29, 1.82) is 0 Å². The molecule has 0 saturated carbocycles. The van der Waals surface area contributed by atoms with Gasteiger partial charge in [0, 0.05) is 10.3 Å². The first-order valence-corrected chi connectivity index (χ1v) is 7.83. The third-order valence-electron chi connectivity index (χ3n) is 2.23. The predicted octanol–water partition coefficient (Wildman–Crippen LogP) is 3.58. The average Bonchev–Trinajstić information content (AvgIpc) is 2.96. The van der Waals surface area contributed by atoms with Crippen molar-refractivity contribution < 1.29 is 9.53 Å². The summed E-state index contributed by atoms with van der Waals surface area (Å²) in [6.45, 7) is 2.87. The van der Waals surface area contributed by atoms with Gasteiger partial charge in [0.2, 0.25) is 0 Å². The Labute approximate surface area is 124 Å². The molecular formula is C12H13ClN2O2S2. The van der Waals surface area contributed by atoms with E-state index < -0.39 is 0 Å². The lowest BCUT2D eigenvalue weighted by atomic mass is 10.3. The van der Waals surface area contributed by atoms with Crippen molar-refractivity contribution in [2.24, 2.45) is 0 Å². The van der Waals surface area contributed by atoms with Gasteiger partial charge in [-0.3, -0.25) is 4.79 Å². The molecule has 0 aliphatic heterocycles. The van der Waals surface area contributed by atoms with E-state index in [4.69, 9.17) is 16.3 Å². The van der Waals surface area contributed by atoms with E-state index in [-0.39, 0.29) is 12.4 Å². The summed E-state index contributed by atoms with van der Waals surface area (Å²) in [5, 5.41) is 5.86. The van der Waals surface area contributed by atoms with Crippen LogP contribution in [0.3, 0.4) is 0 Å². The second-order valence-electron chi connectivity index (χ2n) is 3.69. The Kier molecular flexibility index (Phi) is 5.18. The van der Waals surface area contributed by atoms with Crippen molar-refractivity contribution >= 4 is 45.4 Å². The fraction of sp³-hybridized carbons (Fsp3) is 0.333. The lowest BCUT2D eigenvalue weighted by molar-refractivity contribution is -0.142. The number of thiazole rings is 1. The smallest absolute Gasteiger partial charge is 0.311 e. The van der Waals surface area contributed by atoms with Gasteiger partial charge in [-0.1, -0.05) is 11.6 Å². The first kappa shape index (κ1) is 14.3. The van der Waals surface area contributed by atoms with Crippen LogP contribution in [0.25, 0.3) is 0 Å². The average molecular weight is 317 g/mol. The molecule has 7 heteroatoms. The molecule has 0 bridgehead atoms. The van der Waals surface area contributed by atoms with Gasteiger partial charge >= 0.3 is 5.97 Å². The molecule has 0 amide bonds. The van der Waals surface area contributed by atoms with E-state index >= 15 is 0 Å². The number of rotatable bonds is 6. The van der Waals surface area contributed by atoms with Gasteiger partial charge in [-0.25, -0.2) is 4.98 Å². The van der Waals surface area contributed by atoms with Crippen LogP contribution in [0, 0.1) is 0 Å². The minimum Gasteiger partial charge on any atom is -0.466 e. The molecular weight excluding hydrogens is 304 g/mol. The molecule has 4 nitrogen and oxygen atoms in total. The summed E-state index contributed by atoms with van der Waals surface area (Å²) in [5.41, 5.74) is 0.732. The van der Waals surface area contributed by atoms with Crippen molar-refractivity contribution in [3.05, 3.63) is 32.4 Å². The van der Waals surface area contributed by atoms with Gasteiger partial charge in [0.1, 0.15) is 0 Å². The van der Waals surface area contributed by atoms with Crippen LogP contribution in [0.15, 0.2) is 17.5 Å². The molecule has 2 aromatic heterocycles. The molecule has 0 aliphatic rings. The number of nitrogens with zero attached hydrogens (tertiary/aromatic N) is 1. The Balaban J connectivity index is 1.85. The van der Waals surface area contributed by atoms with Crippen molar-refractivity contribution in [2.75, 3.05) is 11.9 Å². The standard InChI is InChI=1S/C12H13ClN2O2S2/c1-2-17-11(16)5-8-7-18-12(15-8)14-6-9-3-4-10(13)19-9/h3-4,7H,2,5-6H2,1H3,(H,14,15). The molecule has 0 aromatic carbocycles. The Morgan fingerprint density at radius 3 is 3.05 bits per heavy atom. The molecule has 2 rings (SSSR count). The number of thiophene rings is 1. The van der Waals surface area contributed by atoms with Crippen molar-refractivity contribution in [3.8, 4) is 0 Å². The lowest BCUT2D eigenvalue weighted by Gasteiger charge is -2.00. The monoisotopic (exact) mass is 316 g/mol.